The van der Waals surface area contributed by atoms with Gasteiger partial charge in [-0.2, -0.15) is 0 Å². The van der Waals surface area contributed by atoms with Gasteiger partial charge < -0.3 is 5.32 Å². The summed E-state index contributed by atoms with van der Waals surface area (Å²) < 4.78 is 14.5. The Morgan fingerprint density at radius 1 is 1.37 bits per heavy atom. The van der Waals surface area contributed by atoms with Crippen LogP contribution in [0.3, 0.4) is 0 Å². The van der Waals surface area contributed by atoms with Crippen LogP contribution in [0.4, 0.5) is 10.2 Å². The van der Waals surface area contributed by atoms with Crippen molar-refractivity contribution in [3.63, 3.8) is 0 Å². The summed E-state index contributed by atoms with van der Waals surface area (Å²) in [7, 11) is 0. The number of rotatable bonds is 3. The zero-order valence-corrected chi connectivity index (χ0v) is 12.6. The largest absolute Gasteiger partial charge is 0.310 e. The van der Waals surface area contributed by atoms with Gasteiger partial charge in [0.05, 0.1) is 6.42 Å². The van der Waals surface area contributed by atoms with Crippen LogP contribution in [0.15, 0.2) is 36.5 Å². The first kappa shape index (κ1) is 14.2. The summed E-state index contributed by atoms with van der Waals surface area (Å²) >= 11 is 7.98. The van der Waals surface area contributed by atoms with E-state index >= 15 is 0 Å². The molecule has 0 saturated heterocycles. The summed E-state index contributed by atoms with van der Waals surface area (Å²) in [5.41, 5.74) is 0.187. The number of nitrogens with one attached hydrogen (secondary N) is 1. The van der Waals surface area contributed by atoms with Gasteiger partial charge in [0.25, 0.3) is 0 Å². The number of carbonyl (C=O) groups is 1. The van der Waals surface area contributed by atoms with Crippen molar-refractivity contribution in [1.29, 1.82) is 0 Å². The van der Waals surface area contributed by atoms with Crippen molar-refractivity contribution in [2.24, 2.45) is 0 Å². The Labute approximate surface area is 128 Å². The first-order chi connectivity index (χ1) is 9.06. The molecule has 0 fully saturated rings. The second kappa shape index (κ2) is 6.29. The van der Waals surface area contributed by atoms with Crippen molar-refractivity contribution in [2.45, 2.75) is 6.42 Å². The third-order valence-corrected chi connectivity index (χ3v) is 3.39. The lowest BCUT2D eigenvalue weighted by Gasteiger charge is -2.07. The van der Waals surface area contributed by atoms with Crippen molar-refractivity contribution < 1.29 is 9.18 Å². The van der Waals surface area contributed by atoms with Crippen LogP contribution in [0.1, 0.15) is 5.56 Å². The van der Waals surface area contributed by atoms with Crippen molar-refractivity contribution >= 4 is 45.9 Å². The van der Waals surface area contributed by atoms with Gasteiger partial charge in [-0.15, -0.1) is 0 Å². The van der Waals surface area contributed by atoms with E-state index in [2.05, 4.69) is 32.9 Å². The van der Waals surface area contributed by atoms with Gasteiger partial charge in [0, 0.05) is 20.4 Å². The van der Waals surface area contributed by atoms with E-state index in [4.69, 9.17) is 11.6 Å². The zero-order chi connectivity index (χ0) is 13.8. The molecule has 0 bridgehead atoms. The molecule has 0 aliphatic rings. The number of halogens is 3. The highest BCUT2D eigenvalue weighted by atomic mass is 127. The van der Waals surface area contributed by atoms with E-state index in [9.17, 15) is 9.18 Å². The normalized spacial score (nSPS) is 10.3. The van der Waals surface area contributed by atoms with Gasteiger partial charge >= 0.3 is 0 Å². The summed E-state index contributed by atoms with van der Waals surface area (Å²) in [6.07, 6.45) is 1.51. The van der Waals surface area contributed by atoms with Gasteiger partial charge in [-0.1, -0.05) is 17.7 Å². The maximum atomic E-state index is 13.5. The molecule has 1 N–H and O–H groups in total. The number of carbonyl (C=O) groups excluding carboxylic acids is 1. The molecule has 0 aliphatic carbocycles. The highest BCUT2D eigenvalue weighted by molar-refractivity contribution is 14.1. The van der Waals surface area contributed by atoms with Gasteiger partial charge in [-0.3, -0.25) is 4.79 Å². The second-order valence-electron chi connectivity index (χ2n) is 3.79. The predicted octanol–water partition coefficient (Wildman–Crippen LogP) is 3.66. The molecule has 2 aromatic rings. The Kier molecular flexibility index (Phi) is 4.71. The predicted molar refractivity (Wildman–Crippen MR) is 80.7 cm³/mol. The molecular formula is C13H9ClFIN2O. The molecule has 0 radical (unpaired) electrons. The molecule has 1 amide bonds. The third kappa shape index (κ3) is 3.87. The maximum Gasteiger partial charge on any atom is 0.230 e. The highest BCUT2D eigenvalue weighted by Crippen LogP contribution is 2.19. The highest BCUT2D eigenvalue weighted by Gasteiger charge is 2.12. The van der Waals surface area contributed by atoms with Crippen LogP contribution >= 0.6 is 34.2 Å². The Morgan fingerprint density at radius 2 is 2.16 bits per heavy atom. The number of benzene rings is 1. The minimum absolute atomic E-state index is 0.126. The fourth-order valence-electron chi connectivity index (χ4n) is 1.50. The topological polar surface area (TPSA) is 42.0 Å². The molecule has 0 atom stereocenters. The Balaban J connectivity index is 2.07. The molecule has 98 valence electrons. The van der Waals surface area contributed by atoms with Crippen LogP contribution in [0.25, 0.3) is 0 Å². The van der Waals surface area contributed by atoms with E-state index in [1.54, 1.807) is 18.3 Å². The first-order valence-corrected chi connectivity index (χ1v) is 6.86. The smallest absolute Gasteiger partial charge is 0.230 e. The number of hydrogen-bond donors (Lipinski definition) is 1. The minimum atomic E-state index is -0.488. The van der Waals surface area contributed by atoms with Gasteiger partial charge in [0.1, 0.15) is 11.6 Å². The number of anilines is 1. The van der Waals surface area contributed by atoms with Gasteiger partial charge in [0.15, 0.2) is 0 Å². The molecule has 6 heteroatoms. The van der Waals surface area contributed by atoms with Crippen molar-refractivity contribution in [3.05, 3.63) is 56.5 Å². The van der Waals surface area contributed by atoms with Gasteiger partial charge in [0.2, 0.25) is 5.91 Å². The fraction of sp³-hybridized carbons (Fsp3) is 0.0769. The molecular weight excluding hydrogens is 382 g/mol. The fourth-order valence-corrected chi connectivity index (χ4v) is 2.05. The average Bonchev–Trinajstić information content (AvgIpc) is 2.37. The molecule has 0 saturated carbocycles. The van der Waals surface area contributed by atoms with Crippen molar-refractivity contribution in [3.8, 4) is 0 Å². The summed E-state index contributed by atoms with van der Waals surface area (Å²) in [6.45, 7) is 0. The Hall–Kier alpha value is -1.21. The standard InChI is InChI=1S/C13H9ClFIN2O/c14-10-2-1-3-11(15)9(10)6-13(19)18-12-5-4-8(16)7-17-12/h1-5,7H,6H2,(H,17,18,19). The lowest BCUT2D eigenvalue weighted by atomic mass is 10.1. The van der Waals surface area contributed by atoms with E-state index in [1.165, 1.54) is 12.1 Å². The van der Waals surface area contributed by atoms with Crippen LogP contribution in [0.5, 0.6) is 0 Å². The molecule has 0 unspecified atom stereocenters. The number of nitrogens with zero attached hydrogens (tertiary/aromatic N) is 1. The Morgan fingerprint density at radius 3 is 2.79 bits per heavy atom. The molecule has 0 aliphatic heterocycles. The molecule has 1 heterocycles. The third-order valence-electron chi connectivity index (χ3n) is 2.39. The quantitative estimate of drug-likeness (QED) is 0.813. The van der Waals surface area contributed by atoms with E-state index in [0.717, 1.165) is 3.57 Å². The monoisotopic (exact) mass is 390 g/mol. The van der Waals surface area contributed by atoms with Crippen LogP contribution in [0.2, 0.25) is 5.02 Å². The number of amides is 1. The summed E-state index contributed by atoms with van der Waals surface area (Å²) in [4.78, 5) is 15.8. The summed E-state index contributed by atoms with van der Waals surface area (Å²) in [6, 6.07) is 7.83. The molecule has 3 nitrogen and oxygen atoms in total. The van der Waals surface area contributed by atoms with Crippen molar-refractivity contribution in [1.82, 2.24) is 4.98 Å². The number of pyridine rings is 1. The average molecular weight is 391 g/mol. The van der Waals surface area contributed by atoms with E-state index in [1.807, 2.05) is 6.07 Å². The van der Waals surface area contributed by atoms with E-state index < -0.39 is 5.82 Å². The number of hydrogen-bond acceptors (Lipinski definition) is 2. The van der Waals surface area contributed by atoms with Crippen LogP contribution in [0, 0.1) is 9.39 Å². The maximum absolute atomic E-state index is 13.5. The van der Waals surface area contributed by atoms with Crippen LogP contribution < -0.4 is 5.32 Å². The minimum Gasteiger partial charge on any atom is -0.310 e. The summed E-state index contributed by atoms with van der Waals surface area (Å²) in [5.74, 6) is -0.420. The zero-order valence-electron chi connectivity index (χ0n) is 9.66. The van der Waals surface area contributed by atoms with E-state index in [0.29, 0.717) is 5.82 Å². The molecule has 0 spiro atoms. The molecule has 2 rings (SSSR count). The number of aromatic nitrogens is 1. The Bertz CT molecular complexity index is 584. The SMILES string of the molecule is O=C(Cc1c(F)cccc1Cl)Nc1ccc(I)cn1. The van der Waals surface area contributed by atoms with Crippen molar-refractivity contribution in [2.75, 3.05) is 5.32 Å². The first-order valence-electron chi connectivity index (χ1n) is 5.40. The molecule has 1 aromatic carbocycles. The van der Waals surface area contributed by atoms with Gasteiger partial charge in [-0.05, 0) is 46.9 Å². The lowest BCUT2D eigenvalue weighted by molar-refractivity contribution is -0.115. The van der Waals surface area contributed by atoms with Crippen LogP contribution in [-0.2, 0) is 11.2 Å². The summed E-state index contributed by atoms with van der Waals surface area (Å²) in [5, 5.41) is 2.83. The molecule has 1 aromatic heterocycles. The second-order valence-corrected chi connectivity index (χ2v) is 5.44. The van der Waals surface area contributed by atoms with Crippen LogP contribution in [-0.4, -0.2) is 10.9 Å². The van der Waals surface area contributed by atoms with Gasteiger partial charge in [-0.25, -0.2) is 9.37 Å². The molecule has 19 heavy (non-hydrogen) atoms. The lowest BCUT2D eigenvalue weighted by Crippen LogP contribution is -2.16. The van der Waals surface area contributed by atoms with E-state index in [-0.39, 0.29) is 22.9 Å².